The molecule has 0 aliphatic heterocycles. The van der Waals surface area contributed by atoms with Gasteiger partial charge >= 0.3 is 6.16 Å². The normalized spacial score (nSPS) is 15.6. The molecule has 6 heteroatoms. The van der Waals surface area contributed by atoms with E-state index in [1.165, 1.54) is 4.88 Å². The van der Waals surface area contributed by atoms with E-state index >= 15 is 0 Å². The number of allylic oxidation sites excluding steroid dienone is 4. The van der Waals surface area contributed by atoms with Crippen molar-refractivity contribution in [1.82, 2.24) is 4.90 Å². The molecule has 0 aromatic carbocycles. The lowest BCUT2D eigenvalue weighted by Gasteiger charge is -2.36. The zero-order valence-corrected chi connectivity index (χ0v) is 21.1. The molecule has 0 N–H and O–H groups in total. The van der Waals surface area contributed by atoms with E-state index < -0.39 is 19.2 Å². The molecule has 0 aliphatic carbocycles. The maximum Gasteiger partial charge on any atom is 0.546 e. The van der Waals surface area contributed by atoms with Gasteiger partial charge in [0.15, 0.2) is 6.29 Å². The van der Waals surface area contributed by atoms with E-state index in [4.69, 9.17) is 9.26 Å². The summed E-state index contributed by atoms with van der Waals surface area (Å²) in [5.74, 6) is 0. The molecule has 0 saturated heterocycles. The Bertz CT molecular complexity index is 739. The van der Waals surface area contributed by atoms with Gasteiger partial charge in [0, 0.05) is 17.6 Å². The highest BCUT2D eigenvalue weighted by atomic mass is 32.1. The van der Waals surface area contributed by atoms with E-state index in [2.05, 4.69) is 62.0 Å². The topological polar surface area (TPSA) is 38.8 Å². The van der Waals surface area contributed by atoms with Gasteiger partial charge in [0.1, 0.15) is 10.8 Å². The van der Waals surface area contributed by atoms with Crippen molar-refractivity contribution in [2.24, 2.45) is 0 Å². The number of carbonyl (C=O) groups is 1. The molecular weight excluding hydrogens is 401 g/mol. The van der Waals surface area contributed by atoms with Crippen LogP contribution in [0.3, 0.4) is 0 Å². The number of likely N-dealkylation sites (N-methyl/N-ethyl adjacent to an activating group) is 1. The van der Waals surface area contributed by atoms with Crippen molar-refractivity contribution < 1.29 is 14.1 Å². The first-order chi connectivity index (χ1) is 13.3. The second-order valence-electron chi connectivity index (χ2n) is 9.13. The van der Waals surface area contributed by atoms with Crippen LogP contribution in [0.1, 0.15) is 53.3 Å². The van der Waals surface area contributed by atoms with Crippen LogP contribution in [0, 0.1) is 0 Å². The molecule has 1 atom stereocenters. The van der Waals surface area contributed by atoms with Crippen LogP contribution in [0.4, 0.5) is 4.79 Å². The fourth-order valence-corrected chi connectivity index (χ4v) is 5.07. The van der Waals surface area contributed by atoms with Crippen LogP contribution >= 0.6 is 18.8 Å². The standard InChI is InChI=1S/C23H37NO3PS/c1-10-11-13-19(15-16-20-14-12-17-29-20)24(8)18-28(9,23(5,6)7)27-21(25)26-22(2,3)4/h10-17H,18H2,1-9H3/q+1/b11-10-,16-15+,19-13-. The first-order valence-electron chi connectivity index (χ1n) is 9.81. The highest BCUT2D eigenvalue weighted by molar-refractivity contribution is 7.72. The van der Waals surface area contributed by atoms with E-state index in [0.717, 1.165) is 5.70 Å². The van der Waals surface area contributed by atoms with Gasteiger partial charge < -0.3 is 9.64 Å². The fourth-order valence-electron chi connectivity index (χ4n) is 2.36. The molecule has 0 bridgehead atoms. The van der Waals surface area contributed by atoms with Gasteiger partial charge in [-0.05, 0) is 78.1 Å². The van der Waals surface area contributed by atoms with Gasteiger partial charge in [-0.3, -0.25) is 4.52 Å². The monoisotopic (exact) mass is 438 g/mol. The predicted octanol–water partition coefficient (Wildman–Crippen LogP) is 7.42. The highest BCUT2D eigenvalue weighted by Crippen LogP contribution is 2.67. The second kappa shape index (κ2) is 10.4. The Hall–Kier alpha value is -1.58. The maximum atomic E-state index is 12.5. The van der Waals surface area contributed by atoms with Gasteiger partial charge in [-0.15, -0.1) is 11.3 Å². The van der Waals surface area contributed by atoms with Crippen molar-refractivity contribution in [3.63, 3.8) is 0 Å². The number of nitrogens with zero attached hydrogens (tertiary/aromatic N) is 1. The summed E-state index contributed by atoms with van der Waals surface area (Å²) in [6.45, 7) is 16.0. The first kappa shape index (κ1) is 25.5. The van der Waals surface area contributed by atoms with Crippen LogP contribution < -0.4 is 0 Å². The van der Waals surface area contributed by atoms with Crippen LogP contribution in [0.15, 0.2) is 47.5 Å². The summed E-state index contributed by atoms with van der Waals surface area (Å²) < 4.78 is 11.4. The van der Waals surface area contributed by atoms with E-state index in [0.29, 0.717) is 6.29 Å². The van der Waals surface area contributed by atoms with Gasteiger partial charge in [0.25, 0.3) is 0 Å². The van der Waals surface area contributed by atoms with Gasteiger partial charge in [-0.1, -0.05) is 18.2 Å². The molecular formula is C23H37NO3PS+. The van der Waals surface area contributed by atoms with Gasteiger partial charge in [-0.25, -0.2) is 0 Å². The molecule has 0 aliphatic rings. The molecule has 29 heavy (non-hydrogen) atoms. The molecule has 1 aromatic heterocycles. The molecule has 0 radical (unpaired) electrons. The van der Waals surface area contributed by atoms with Crippen LogP contribution in [0.5, 0.6) is 0 Å². The molecule has 1 unspecified atom stereocenters. The number of ether oxygens (including phenoxy) is 1. The van der Waals surface area contributed by atoms with Crippen molar-refractivity contribution in [1.29, 1.82) is 0 Å². The average molecular weight is 439 g/mol. The molecule has 1 rings (SSSR count). The first-order valence-corrected chi connectivity index (χ1v) is 13.0. The molecule has 0 amide bonds. The fraction of sp³-hybridized carbons (Fsp3) is 0.522. The van der Waals surface area contributed by atoms with E-state index in [1.807, 2.05) is 53.0 Å². The second-order valence-corrected chi connectivity index (χ2v) is 14.1. The van der Waals surface area contributed by atoms with Crippen molar-refractivity contribution in [2.75, 3.05) is 20.0 Å². The van der Waals surface area contributed by atoms with Crippen molar-refractivity contribution in [2.45, 2.75) is 59.2 Å². The molecule has 0 fully saturated rings. The van der Waals surface area contributed by atoms with Crippen molar-refractivity contribution in [3.8, 4) is 0 Å². The minimum atomic E-state index is -2.17. The minimum absolute atomic E-state index is 0.179. The Kier molecular flexibility index (Phi) is 9.17. The quantitative estimate of drug-likeness (QED) is 0.252. The molecule has 0 spiro atoms. The Labute approximate surface area is 181 Å². The zero-order chi connectivity index (χ0) is 22.3. The third-order valence-electron chi connectivity index (χ3n) is 4.43. The Morgan fingerprint density at radius 1 is 1.24 bits per heavy atom. The highest BCUT2D eigenvalue weighted by Gasteiger charge is 2.52. The molecule has 0 saturated carbocycles. The Morgan fingerprint density at radius 3 is 2.38 bits per heavy atom. The number of hydrogen-bond acceptors (Lipinski definition) is 5. The number of rotatable bonds is 7. The minimum Gasteiger partial charge on any atom is -0.426 e. The zero-order valence-electron chi connectivity index (χ0n) is 19.4. The molecule has 1 heterocycles. The molecule has 1 aromatic rings. The predicted molar refractivity (Wildman–Crippen MR) is 129 cm³/mol. The largest absolute Gasteiger partial charge is 0.546 e. The smallest absolute Gasteiger partial charge is 0.426 e. The van der Waals surface area contributed by atoms with Crippen LogP contribution in [-0.2, 0) is 9.26 Å². The molecule has 162 valence electrons. The lowest BCUT2D eigenvalue weighted by molar-refractivity contribution is 0.0214. The summed E-state index contributed by atoms with van der Waals surface area (Å²) in [7, 11) is -0.128. The summed E-state index contributed by atoms with van der Waals surface area (Å²) in [6.07, 6.45) is 10.3. The van der Waals surface area contributed by atoms with Crippen molar-refractivity contribution in [3.05, 3.63) is 52.4 Å². The van der Waals surface area contributed by atoms with E-state index in [-0.39, 0.29) is 5.16 Å². The van der Waals surface area contributed by atoms with Crippen LogP contribution in [0.2, 0.25) is 0 Å². The summed E-state index contributed by atoms with van der Waals surface area (Å²) in [5, 5.41) is 1.89. The number of carbonyl (C=O) groups excluding carboxylic acids is 1. The lowest BCUT2D eigenvalue weighted by Crippen LogP contribution is -2.34. The average Bonchev–Trinajstić information content (AvgIpc) is 3.05. The van der Waals surface area contributed by atoms with E-state index in [9.17, 15) is 4.79 Å². The van der Waals surface area contributed by atoms with Crippen molar-refractivity contribution >= 4 is 31.1 Å². The van der Waals surface area contributed by atoms with E-state index in [1.54, 1.807) is 11.3 Å². The van der Waals surface area contributed by atoms with Gasteiger partial charge in [0.2, 0.25) is 7.49 Å². The third kappa shape index (κ3) is 8.76. The van der Waals surface area contributed by atoms with Crippen LogP contribution in [0.25, 0.3) is 6.08 Å². The SMILES string of the molecule is C\C=C/C=C(/C=C/c1cccs1)N(C)C[P+](C)(OC(=O)OC(C)(C)C)C(C)(C)C. The summed E-state index contributed by atoms with van der Waals surface area (Å²) >= 11 is 1.70. The summed E-state index contributed by atoms with van der Waals surface area (Å²) in [4.78, 5) is 15.8. The summed E-state index contributed by atoms with van der Waals surface area (Å²) in [5.41, 5.74) is 0.478. The summed E-state index contributed by atoms with van der Waals surface area (Å²) in [6, 6.07) is 4.13. The molecule has 4 nitrogen and oxygen atoms in total. The Balaban J connectivity index is 3.09. The van der Waals surface area contributed by atoms with Crippen LogP contribution in [-0.4, -0.2) is 41.8 Å². The maximum absolute atomic E-state index is 12.5. The Morgan fingerprint density at radius 2 is 1.90 bits per heavy atom. The number of hydrogen-bond donors (Lipinski definition) is 0. The van der Waals surface area contributed by atoms with Gasteiger partial charge in [0.05, 0.1) is 6.66 Å². The van der Waals surface area contributed by atoms with Gasteiger partial charge in [-0.2, -0.15) is 4.79 Å². The number of thiophene rings is 1. The third-order valence-corrected chi connectivity index (χ3v) is 9.62. The lowest BCUT2D eigenvalue weighted by atomic mass is 10.2.